The Morgan fingerprint density at radius 1 is 1.43 bits per heavy atom. The molecule has 1 aromatic carbocycles. The Bertz CT molecular complexity index is 492. The van der Waals surface area contributed by atoms with Gasteiger partial charge in [-0.15, -0.1) is 0 Å². The van der Waals surface area contributed by atoms with Gasteiger partial charge in [0.05, 0.1) is 7.11 Å². The van der Waals surface area contributed by atoms with E-state index in [0.29, 0.717) is 23.6 Å². The second-order valence-corrected chi connectivity index (χ2v) is 7.55. The molecular formula is C16H25NO3S. The molecular weight excluding hydrogens is 286 g/mol. The monoisotopic (exact) mass is 311 g/mol. The van der Waals surface area contributed by atoms with Crippen molar-refractivity contribution in [1.29, 1.82) is 0 Å². The van der Waals surface area contributed by atoms with E-state index in [1.54, 1.807) is 19.2 Å². The first kappa shape index (κ1) is 16.3. The van der Waals surface area contributed by atoms with Gasteiger partial charge in [0.15, 0.2) is 11.5 Å². The number of phenolic OH excluding ortho intramolecular Hbond substituents is 1. The van der Waals surface area contributed by atoms with Gasteiger partial charge in [-0.2, -0.15) is 0 Å². The first-order valence-electron chi connectivity index (χ1n) is 7.60. The molecule has 0 amide bonds. The molecule has 1 fully saturated rings. The molecule has 21 heavy (non-hydrogen) atoms. The van der Waals surface area contributed by atoms with E-state index in [2.05, 4.69) is 5.32 Å². The van der Waals surface area contributed by atoms with Gasteiger partial charge in [-0.3, -0.25) is 4.21 Å². The molecule has 3 unspecified atom stereocenters. The first-order valence-corrected chi connectivity index (χ1v) is 8.98. The fraction of sp³-hybridized carbons (Fsp3) is 0.625. The molecule has 118 valence electrons. The smallest absolute Gasteiger partial charge is 0.160 e. The Labute approximate surface area is 129 Å². The summed E-state index contributed by atoms with van der Waals surface area (Å²) in [5.74, 6) is 1.42. The molecule has 0 spiro atoms. The molecule has 4 nitrogen and oxygen atoms in total. The molecule has 0 heterocycles. The Balaban J connectivity index is 1.87. The molecule has 2 N–H and O–H groups in total. The summed E-state index contributed by atoms with van der Waals surface area (Å²) in [5, 5.41) is 13.6. The second-order valence-electron chi connectivity index (χ2n) is 5.54. The van der Waals surface area contributed by atoms with Gasteiger partial charge in [-0.1, -0.05) is 19.4 Å². The van der Waals surface area contributed by atoms with Crippen molar-refractivity contribution in [3.8, 4) is 11.5 Å². The fourth-order valence-corrected chi connectivity index (χ4v) is 4.26. The van der Waals surface area contributed by atoms with Crippen molar-refractivity contribution in [2.75, 3.05) is 12.9 Å². The maximum absolute atomic E-state index is 11.9. The number of phenols is 1. The van der Waals surface area contributed by atoms with Crippen LogP contribution in [0.15, 0.2) is 18.2 Å². The van der Waals surface area contributed by atoms with Crippen LogP contribution < -0.4 is 10.1 Å². The number of hydrogen-bond donors (Lipinski definition) is 2. The zero-order valence-corrected chi connectivity index (χ0v) is 13.6. The van der Waals surface area contributed by atoms with Crippen LogP contribution in [0.3, 0.4) is 0 Å². The predicted octanol–water partition coefficient (Wildman–Crippen LogP) is 2.57. The zero-order chi connectivity index (χ0) is 15.2. The average Bonchev–Trinajstić information content (AvgIpc) is 2.52. The van der Waals surface area contributed by atoms with Crippen LogP contribution in [0.5, 0.6) is 11.5 Å². The minimum Gasteiger partial charge on any atom is -0.504 e. The second kappa shape index (κ2) is 7.80. The van der Waals surface area contributed by atoms with Gasteiger partial charge in [-0.05, 0) is 37.0 Å². The Kier molecular flexibility index (Phi) is 6.06. The summed E-state index contributed by atoms with van der Waals surface area (Å²) in [6.07, 6.45) is 4.35. The number of aromatic hydroxyl groups is 1. The summed E-state index contributed by atoms with van der Waals surface area (Å²) in [5.41, 5.74) is 1.03. The van der Waals surface area contributed by atoms with E-state index >= 15 is 0 Å². The zero-order valence-electron chi connectivity index (χ0n) is 12.8. The topological polar surface area (TPSA) is 58.6 Å². The fourth-order valence-electron chi connectivity index (χ4n) is 2.91. The average molecular weight is 311 g/mol. The van der Waals surface area contributed by atoms with E-state index in [-0.39, 0.29) is 5.75 Å². The molecule has 0 bridgehead atoms. The Morgan fingerprint density at radius 3 is 2.90 bits per heavy atom. The van der Waals surface area contributed by atoms with Crippen molar-refractivity contribution in [1.82, 2.24) is 5.32 Å². The molecule has 1 aliphatic rings. The highest BCUT2D eigenvalue weighted by atomic mass is 32.2. The van der Waals surface area contributed by atoms with Crippen LogP contribution in [-0.4, -0.2) is 33.5 Å². The lowest BCUT2D eigenvalue weighted by atomic mass is 9.95. The minimum absolute atomic E-state index is 0.172. The predicted molar refractivity (Wildman–Crippen MR) is 86.2 cm³/mol. The van der Waals surface area contributed by atoms with Crippen LogP contribution in [0, 0.1) is 0 Å². The maximum atomic E-state index is 11.9. The van der Waals surface area contributed by atoms with E-state index in [4.69, 9.17) is 4.74 Å². The molecule has 0 aliphatic heterocycles. The molecule has 0 saturated heterocycles. The quantitative estimate of drug-likeness (QED) is 0.848. The van der Waals surface area contributed by atoms with E-state index in [9.17, 15) is 9.32 Å². The maximum Gasteiger partial charge on any atom is 0.160 e. The molecule has 0 aromatic heterocycles. The molecule has 3 atom stereocenters. The van der Waals surface area contributed by atoms with E-state index < -0.39 is 10.8 Å². The summed E-state index contributed by atoms with van der Waals surface area (Å²) >= 11 is 0. The van der Waals surface area contributed by atoms with E-state index in [0.717, 1.165) is 37.0 Å². The lowest BCUT2D eigenvalue weighted by Crippen LogP contribution is -2.37. The van der Waals surface area contributed by atoms with Gasteiger partial charge in [0.25, 0.3) is 0 Å². The minimum atomic E-state index is -0.687. The van der Waals surface area contributed by atoms with Gasteiger partial charge in [-0.25, -0.2) is 0 Å². The lowest BCUT2D eigenvalue weighted by molar-refractivity contribution is 0.368. The largest absolute Gasteiger partial charge is 0.504 e. The van der Waals surface area contributed by atoms with E-state index in [1.807, 2.05) is 13.0 Å². The Hall–Kier alpha value is -1.07. The third kappa shape index (κ3) is 4.45. The standard InChI is InChI=1S/C16H25NO3S/c1-3-21(19)14-6-4-5-13(10-14)17-11-12-7-8-16(20-2)15(18)9-12/h7-9,13-14,17-18H,3-6,10-11H2,1-2H3. The highest BCUT2D eigenvalue weighted by molar-refractivity contribution is 7.85. The highest BCUT2D eigenvalue weighted by Gasteiger charge is 2.25. The van der Waals surface area contributed by atoms with Crippen molar-refractivity contribution >= 4 is 10.8 Å². The number of rotatable bonds is 6. The van der Waals surface area contributed by atoms with Crippen molar-refractivity contribution in [2.45, 2.75) is 50.4 Å². The summed E-state index contributed by atoms with van der Waals surface area (Å²) in [6.45, 7) is 2.71. The van der Waals surface area contributed by atoms with Crippen LogP contribution in [0.4, 0.5) is 0 Å². The summed E-state index contributed by atoms with van der Waals surface area (Å²) in [7, 11) is 0.858. The third-order valence-corrected chi connectivity index (χ3v) is 5.86. The van der Waals surface area contributed by atoms with Crippen LogP contribution in [0.1, 0.15) is 38.2 Å². The molecule has 5 heteroatoms. The highest BCUT2D eigenvalue weighted by Crippen LogP contribution is 2.27. The van der Waals surface area contributed by atoms with Gasteiger partial charge in [0.2, 0.25) is 0 Å². The van der Waals surface area contributed by atoms with Gasteiger partial charge in [0.1, 0.15) is 0 Å². The molecule has 1 aromatic rings. The van der Waals surface area contributed by atoms with Gasteiger partial charge >= 0.3 is 0 Å². The summed E-state index contributed by atoms with van der Waals surface area (Å²) < 4.78 is 17.0. The van der Waals surface area contributed by atoms with Crippen LogP contribution in [0.2, 0.25) is 0 Å². The van der Waals surface area contributed by atoms with Gasteiger partial charge in [0, 0.05) is 34.4 Å². The number of methoxy groups -OCH3 is 1. The third-order valence-electron chi connectivity index (χ3n) is 4.12. The van der Waals surface area contributed by atoms with Gasteiger partial charge < -0.3 is 15.2 Å². The molecule has 1 saturated carbocycles. The lowest BCUT2D eigenvalue weighted by Gasteiger charge is -2.29. The molecule has 0 radical (unpaired) electrons. The van der Waals surface area contributed by atoms with Crippen LogP contribution >= 0.6 is 0 Å². The van der Waals surface area contributed by atoms with Crippen molar-refractivity contribution in [3.05, 3.63) is 23.8 Å². The normalized spacial score (nSPS) is 23.7. The van der Waals surface area contributed by atoms with Crippen molar-refractivity contribution < 1.29 is 14.1 Å². The number of ether oxygens (including phenoxy) is 1. The number of hydrogen-bond acceptors (Lipinski definition) is 4. The van der Waals surface area contributed by atoms with Crippen molar-refractivity contribution in [2.24, 2.45) is 0 Å². The van der Waals surface area contributed by atoms with Crippen LogP contribution in [0.25, 0.3) is 0 Å². The number of nitrogens with one attached hydrogen (secondary N) is 1. The molecule has 1 aliphatic carbocycles. The van der Waals surface area contributed by atoms with E-state index in [1.165, 1.54) is 0 Å². The summed E-state index contributed by atoms with van der Waals surface area (Å²) in [6, 6.07) is 5.89. The van der Waals surface area contributed by atoms with Crippen molar-refractivity contribution in [3.63, 3.8) is 0 Å². The number of benzene rings is 1. The summed E-state index contributed by atoms with van der Waals surface area (Å²) in [4.78, 5) is 0. The first-order chi connectivity index (χ1) is 10.1. The Morgan fingerprint density at radius 2 is 2.24 bits per heavy atom. The SMILES string of the molecule is CCS(=O)C1CCCC(NCc2ccc(OC)c(O)c2)C1. The molecule has 2 rings (SSSR count). The van der Waals surface area contributed by atoms with Crippen LogP contribution in [-0.2, 0) is 17.3 Å².